The Balaban J connectivity index is 2.44. The molecule has 0 fully saturated rings. The zero-order valence-electron chi connectivity index (χ0n) is 16.2. The molecule has 1 aromatic heterocycles. The van der Waals surface area contributed by atoms with E-state index >= 15 is 0 Å². The van der Waals surface area contributed by atoms with Crippen molar-refractivity contribution < 1.29 is 9.84 Å². The minimum atomic E-state index is -1.41. The van der Waals surface area contributed by atoms with Gasteiger partial charge in [-0.1, -0.05) is 53.0 Å². The first-order valence-electron chi connectivity index (χ1n) is 8.99. The Morgan fingerprint density at radius 3 is 2.21 bits per heavy atom. The van der Waals surface area contributed by atoms with Crippen LogP contribution in [0.1, 0.15) is 24.5 Å². The van der Waals surface area contributed by atoms with Gasteiger partial charge in [0.25, 0.3) is 0 Å². The summed E-state index contributed by atoms with van der Waals surface area (Å²) < 4.78 is 7.11. The highest BCUT2D eigenvalue weighted by molar-refractivity contribution is 6.42. The molecule has 7 heteroatoms. The molecule has 152 valence electrons. The average Bonchev–Trinajstić information content (AvgIpc) is 2.70. The van der Waals surface area contributed by atoms with Gasteiger partial charge in [-0.2, -0.15) is 0 Å². The van der Waals surface area contributed by atoms with E-state index in [4.69, 9.17) is 39.5 Å². The third-order valence-electron chi connectivity index (χ3n) is 4.88. The number of ether oxygens (including phenoxy) is 1. The van der Waals surface area contributed by atoms with Crippen LogP contribution >= 0.6 is 34.8 Å². The molecule has 0 radical (unpaired) electrons. The van der Waals surface area contributed by atoms with Gasteiger partial charge in [0.05, 0.1) is 21.3 Å². The third-order valence-corrected chi connectivity index (χ3v) is 5.87. The highest BCUT2D eigenvalue weighted by atomic mass is 35.5. The SMILES string of the molecule is CCn1c(C)c(-c2ccc(Cl)cc2)c(=O)c(C(O)OC)c1-c1ccc(Cl)c(Cl)c1. The van der Waals surface area contributed by atoms with Crippen LogP contribution in [0, 0.1) is 6.92 Å². The Morgan fingerprint density at radius 1 is 1.03 bits per heavy atom. The molecule has 0 aliphatic heterocycles. The lowest BCUT2D eigenvalue weighted by atomic mass is 9.96. The van der Waals surface area contributed by atoms with E-state index in [-0.39, 0.29) is 11.0 Å². The molecule has 3 rings (SSSR count). The number of halogens is 3. The molecular formula is C22H20Cl3NO3. The molecule has 29 heavy (non-hydrogen) atoms. The van der Waals surface area contributed by atoms with E-state index in [1.165, 1.54) is 7.11 Å². The number of benzene rings is 2. The lowest BCUT2D eigenvalue weighted by Gasteiger charge is -2.24. The van der Waals surface area contributed by atoms with Gasteiger partial charge in [0.1, 0.15) is 0 Å². The van der Waals surface area contributed by atoms with Crippen LogP contribution in [0.15, 0.2) is 47.3 Å². The Kier molecular flexibility index (Phi) is 6.72. The van der Waals surface area contributed by atoms with E-state index in [1.54, 1.807) is 42.5 Å². The summed E-state index contributed by atoms with van der Waals surface area (Å²) >= 11 is 18.3. The van der Waals surface area contributed by atoms with Crippen LogP contribution in [0.5, 0.6) is 0 Å². The van der Waals surface area contributed by atoms with Crippen molar-refractivity contribution in [2.45, 2.75) is 26.7 Å². The van der Waals surface area contributed by atoms with E-state index in [0.717, 1.165) is 5.69 Å². The van der Waals surface area contributed by atoms with Crippen LogP contribution in [0.2, 0.25) is 15.1 Å². The summed E-state index contributed by atoms with van der Waals surface area (Å²) in [5.41, 5.74) is 2.99. The molecule has 1 N–H and O–H groups in total. The van der Waals surface area contributed by atoms with Crippen molar-refractivity contribution in [3.05, 3.63) is 79.0 Å². The van der Waals surface area contributed by atoms with Gasteiger partial charge in [0.2, 0.25) is 0 Å². The first kappa shape index (κ1) is 21.9. The molecule has 1 atom stereocenters. The van der Waals surface area contributed by atoms with Crippen molar-refractivity contribution in [3.63, 3.8) is 0 Å². The fraction of sp³-hybridized carbons (Fsp3) is 0.227. The summed E-state index contributed by atoms with van der Waals surface area (Å²) in [4.78, 5) is 13.5. The smallest absolute Gasteiger partial charge is 0.198 e. The van der Waals surface area contributed by atoms with Crippen LogP contribution < -0.4 is 5.43 Å². The normalized spacial score (nSPS) is 12.2. The van der Waals surface area contributed by atoms with Gasteiger partial charge < -0.3 is 14.4 Å². The predicted molar refractivity (Wildman–Crippen MR) is 119 cm³/mol. The van der Waals surface area contributed by atoms with Gasteiger partial charge in [-0.25, -0.2) is 0 Å². The quantitative estimate of drug-likeness (QED) is 0.475. The Labute approximate surface area is 184 Å². The number of methoxy groups -OCH3 is 1. The molecule has 0 amide bonds. The lowest BCUT2D eigenvalue weighted by Crippen LogP contribution is -2.25. The topological polar surface area (TPSA) is 51.5 Å². The van der Waals surface area contributed by atoms with Gasteiger partial charge in [-0.05, 0) is 43.7 Å². The van der Waals surface area contributed by atoms with Crippen LogP contribution in [0.3, 0.4) is 0 Å². The predicted octanol–water partition coefficient (Wildman–Crippen LogP) is 6.11. The summed E-state index contributed by atoms with van der Waals surface area (Å²) in [5, 5.41) is 11.9. The number of nitrogens with zero attached hydrogens (tertiary/aromatic N) is 1. The molecule has 0 saturated carbocycles. The number of aliphatic hydroxyl groups excluding tert-OH is 1. The van der Waals surface area contributed by atoms with Gasteiger partial charge in [-0.15, -0.1) is 0 Å². The molecule has 2 aromatic carbocycles. The average molecular weight is 453 g/mol. The fourth-order valence-electron chi connectivity index (χ4n) is 3.51. The van der Waals surface area contributed by atoms with Crippen molar-refractivity contribution >= 4 is 34.8 Å². The molecular weight excluding hydrogens is 433 g/mol. The molecule has 0 bridgehead atoms. The molecule has 0 spiro atoms. The zero-order chi connectivity index (χ0) is 21.3. The standard InChI is InChI=1S/C22H20Cl3NO3/c1-4-26-12(2)18(13-5-8-15(23)9-6-13)21(27)19(22(28)29-3)20(26)14-7-10-16(24)17(25)11-14/h5-11,22,28H,4H2,1-3H3. The van der Waals surface area contributed by atoms with Crippen molar-refractivity contribution in [2.75, 3.05) is 7.11 Å². The summed E-state index contributed by atoms with van der Waals surface area (Å²) in [6.45, 7) is 4.40. The van der Waals surface area contributed by atoms with Crippen LogP contribution in [-0.2, 0) is 11.3 Å². The maximum Gasteiger partial charge on any atom is 0.198 e. The Hall–Kier alpha value is -1.82. The van der Waals surface area contributed by atoms with Gasteiger partial charge >= 0.3 is 0 Å². The van der Waals surface area contributed by atoms with Crippen molar-refractivity contribution in [3.8, 4) is 22.4 Å². The second-order valence-electron chi connectivity index (χ2n) is 6.52. The molecule has 3 aromatic rings. The molecule has 0 aliphatic carbocycles. The van der Waals surface area contributed by atoms with E-state index in [1.807, 2.05) is 18.4 Å². The van der Waals surface area contributed by atoms with Gasteiger partial charge in [-0.3, -0.25) is 4.79 Å². The van der Waals surface area contributed by atoms with E-state index in [2.05, 4.69) is 0 Å². The first-order valence-corrected chi connectivity index (χ1v) is 10.1. The molecule has 1 unspecified atom stereocenters. The maximum atomic E-state index is 13.5. The van der Waals surface area contributed by atoms with Crippen LogP contribution in [0.25, 0.3) is 22.4 Å². The Morgan fingerprint density at radius 2 is 1.66 bits per heavy atom. The van der Waals surface area contributed by atoms with E-state index < -0.39 is 6.29 Å². The van der Waals surface area contributed by atoms with Crippen LogP contribution in [-0.4, -0.2) is 16.8 Å². The van der Waals surface area contributed by atoms with Crippen molar-refractivity contribution in [2.24, 2.45) is 0 Å². The van der Waals surface area contributed by atoms with Crippen molar-refractivity contribution in [1.29, 1.82) is 0 Å². The number of aromatic nitrogens is 1. The monoisotopic (exact) mass is 451 g/mol. The fourth-order valence-corrected chi connectivity index (χ4v) is 3.93. The highest BCUT2D eigenvalue weighted by Crippen LogP contribution is 2.35. The summed E-state index contributed by atoms with van der Waals surface area (Å²) in [5.74, 6) is 0. The first-order chi connectivity index (χ1) is 13.8. The zero-order valence-corrected chi connectivity index (χ0v) is 18.4. The maximum absolute atomic E-state index is 13.5. The summed E-state index contributed by atoms with van der Waals surface area (Å²) in [7, 11) is 1.35. The van der Waals surface area contributed by atoms with Gasteiger partial charge in [0.15, 0.2) is 11.7 Å². The number of hydrogen-bond donors (Lipinski definition) is 1. The largest absolute Gasteiger partial charge is 0.364 e. The number of rotatable bonds is 5. The van der Waals surface area contributed by atoms with Gasteiger partial charge in [0, 0.05) is 35.5 Å². The van der Waals surface area contributed by atoms with Crippen LogP contribution in [0.4, 0.5) is 0 Å². The highest BCUT2D eigenvalue weighted by Gasteiger charge is 2.26. The minimum absolute atomic E-state index is 0.142. The molecule has 0 saturated heterocycles. The number of aliphatic hydroxyl groups is 1. The van der Waals surface area contributed by atoms with Crippen molar-refractivity contribution in [1.82, 2.24) is 4.57 Å². The lowest BCUT2D eigenvalue weighted by molar-refractivity contribution is -0.0774. The Bertz CT molecular complexity index is 1110. The number of hydrogen-bond acceptors (Lipinski definition) is 3. The molecule has 4 nitrogen and oxygen atoms in total. The van der Waals surface area contributed by atoms with E-state index in [0.29, 0.717) is 44.0 Å². The second kappa shape index (κ2) is 8.90. The molecule has 1 heterocycles. The molecule has 0 aliphatic rings. The summed E-state index contributed by atoms with van der Waals surface area (Å²) in [6.07, 6.45) is -1.41. The second-order valence-corrected chi connectivity index (χ2v) is 7.77. The van der Waals surface area contributed by atoms with E-state index in [9.17, 15) is 9.90 Å². The number of pyridine rings is 1. The third kappa shape index (κ3) is 4.09. The minimum Gasteiger partial charge on any atom is -0.364 e. The summed E-state index contributed by atoms with van der Waals surface area (Å²) in [6, 6.07) is 12.1.